The molecule has 0 saturated carbocycles. The third kappa shape index (κ3) is 4.28. The van der Waals surface area contributed by atoms with Crippen molar-refractivity contribution in [1.29, 1.82) is 0 Å². The van der Waals surface area contributed by atoms with Crippen LogP contribution in [-0.2, 0) is 0 Å². The summed E-state index contributed by atoms with van der Waals surface area (Å²) in [4.78, 5) is 27.8. The molecule has 2 N–H and O–H groups in total. The minimum absolute atomic E-state index is 0.178. The zero-order chi connectivity index (χ0) is 15.9. The molecule has 0 aliphatic carbocycles. The molecule has 0 fully saturated rings. The van der Waals surface area contributed by atoms with E-state index in [2.05, 4.69) is 15.8 Å². The van der Waals surface area contributed by atoms with Crippen LogP contribution < -0.4 is 10.9 Å². The molecule has 2 aromatic rings. The third-order valence-corrected chi connectivity index (χ3v) is 2.98. The van der Waals surface area contributed by atoms with Crippen LogP contribution in [0.15, 0.2) is 60.6 Å². The number of amides is 1. The number of aromatic nitrogens is 1. The van der Waals surface area contributed by atoms with Gasteiger partial charge >= 0.3 is 0 Å². The Labute approximate surface area is 129 Å². The van der Waals surface area contributed by atoms with Gasteiger partial charge in [0.1, 0.15) is 0 Å². The number of nitrogens with one attached hydrogen (secondary N) is 2. The summed E-state index contributed by atoms with van der Waals surface area (Å²) in [5.74, 6) is -0.440. The lowest BCUT2D eigenvalue weighted by molar-refractivity contribution is 0.0936. The molecule has 0 atom stereocenters. The van der Waals surface area contributed by atoms with Crippen LogP contribution in [0.5, 0.6) is 0 Å². The first kappa shape index (κ1) is 15.4. The van der Waals surface area contributed by atoms with E-state index in [1.54, 1.807) is 37.4 Å². The van der Waals surface area contributed by atoms with E-state index in [0.29, 0.717) is 16.8 Å². The first-order chi connectivity index (χ1) is 10.6. The van der Waals surface area contributed by atoms with Crippen molar-refractivity contribution in [2.75, 3.05) is 0 Å². The molecule has 0 radical (unpaired) electrons. The molecule has 0 bridgehead atoms. The van der Waals surface area contributed by atoms with Crippen molar-refractivity contribution < 1.29 is 9.59 Å². The third-order valence-electron chi connectivity index (χ3n) is 2.98. The van der Waals surface area contributed by atoms with E-state index in [0.717, 1.165) is 5.56 Å². The van der Waals surface area contributed by atoms with E-state index < -0.39 is 0 Å². The average Bonchev–Trinajstić information content (AvgIpc) is 2.54. The minimum Gasteiger partial charge on any atom is -0.303 e. The van der Waals surface area contributed by atoms with Gasteiger partial charge in [0, 0.05) is 35.3 Å². The Hall–Kier alpha value is -2.95. The molecule has 5 heteroatoms. The summed E-state index contributed by atoms with van der Waals surface area (Å²) in [5, 5.41) is 0. The maximum absolute atomic E-state index is 11.9. The van der Waals surface area contributed by atoms with E-state index >= 15 is 0 Å². The van der Waals surface area contributed by atoms with Crippen LogP contribution in [0.3, 0.4) is 0 Å². The van der Waals surface area contributed by atoms with Crippen molar-refractivity contribution in [3.05, 3.63) is 77.3 Å². The smallest absolute Gasteiger partial charge is 0.269 e. The molecule has 1 heterocycles. The van der Waals surface area contributed by atoms with Crippen molar-refractivity contribution in [2.24, 2.45) is 0 Å². The monoisotopic (exact) mass is 295 g/mol. The summed E-state index contributed by atoms with van der Waals surface area (Å²) < 4.78 is 0. The van der Waals surface area contributed by atoms with Gasteiger partial charge in [-0.3, -0.25) is 20.0 Å². The Morgan fingerprint density at radius 3 is 2.41 bits per heavy atom. The van der Waals surface area contributed by atoms with Crippen molar-refractivity contribution >= 4 is 11.7 Å². The summed E-state index contributed by atoms with van der Waals surface area (Å²) in [6.07, 6.45) is 4.51. The van der Waals surface area contributed by atoms with E-state index in [9.17, 15) is 9.59 Å². The number of hydrazine groups is 1. The van der Waals surface area contributed by atoms with Crippen LogP contribution in [0.25, 0.3) is 0 Å². The van der Waals surface area contributed by atoms with Crippen molar-refractivity contribution in [3.63, 3.8) is 0 Å². The van der Waals surface area contributed by atoms with E-state index in [4.69, 9.17) is 0 Å². The number of hydrogen-bond acceptors (Lipinski definition) is 4. The number of rotatable bonds is 5. The molecule has 5 nitrogen and oxygen atoms in total. The second-order valence-electron chi connectivity index (χ2n) is 4.88. The molecular formula is C17H17N3O2. The Balaban J connectivity index is 1.93. The zero-order valence-electron chi connectivity index (χ0n) is 12.5. The van der Waals surface area contributed by atoms with Crippen LogP contribution in [0, 0.1) is 6.92 Å². The van der Waals surface area contributed by atoms with Crippen molar-refractivity contribution in [3.8, 4) is 0 Å². The van der Waals surface area contributed by atoms with E-state index in [1.807, 2.05) is 19.1 Å². The second-order valence-corrected chi connectivity index (χ2v) is 4.88. The van der Waals surface area contributed by atoms with Gasteiger partial charge in [0.15, 0.2) is 5.78 Å². The standard InChI is InChI=1S/C17H17N3O2/c1-12-5-7-14(8-6-12)17(22)20-19-13(2)10-16(21)15-4-3-9-18-11-15/h3-11,19H,1-2H3,(H,20,22). The molecule has 0 unspecified atom stereocenters. The van der Waals surface area contributed by atoms with Gasteiger partial charge in [-0.25, -0.2) is 0 Å². The van der Waals surface area contributed by atoms with Crippen LogP contribution in [0.4, 0.5) is 0 Å². The fourth-order valence-electron chi connectivity index (χ4n) is 1.76. The Kier molecular flexibility index (Phi) is 5.03. The number of benzene rings is 1. The number of carbonyl (C=O) groups is 2. The molecule has 0 aliphatic heterocycles. The molecule has 1 aromatic carbocycles. The molecule has 112 valence electrons. The molecular weight excluding hydrogens is 278 g/mol. The SMILES string of the molecule is CC(=CC(=O)c1cccnc1)NNC(=O)c1ccc(C)cc1. The average molecular weight is 295 g/mol. The van der Waals surface area contributed by atoms with Gasteiger partial charge in [0.2, 0.25) is 0 Å². The summed E-state index contributed by atoms with van der Waals surface area (Å²) in [6.45, 7) is 3.65. The molecule has 1 aromatic heterocycles. The van der Waals surface area contributed by atoms with Crippen LogP contribution in [0.2, 0.25) is 0 Å². The van der Waals surface area contributed by atoms with Crippen LogP contribution in [0.1, 0.15) is 33.2 Å². The lowest BCUT2D eigenvalue weighted by Crippen LogP contribution is -2.36. The topological polar surface area (TPSA) is 71.1 Å². The molecule has 22 heavy (non-hydrogen) atoms. The highest BCUT2D eigenvalue weighted by Crippen LogP contribution is 2.03. The Morgan fingerprint density at radius 2 is 1.77 bits per heavy atom. The highest BCUT2D eigenvalue weighted by atomic mass is 16.2. The van der Waals surface area contributed by atoms with Crippen molar-refractivity contribution in [2.45, 2.75) is 13.8 Å². The molecule has 0 spiro atoms. The fourth-order valence-corrected chi connectivity index (χ4v) is 1.76. The van der Waals surface area contributed by atoms with Crippen LogP contribution >= 0.6 is 0 Å². The summed E-state index contributed by atoms with van der Waals surface area (Å²) >= 11 is 0. The normalized spacial score (nSPS) is 10.9. The number of ketones is 1. The molecule has 1 amide bonds. The molecule has 0 aliphatic rings. The van der Waals surface area contributed by atoms with Gasteiger partial charge in [-0.2, -0.15) is 0 Å². The Morgan fingerprint density at radius 1 is 1.05 bits per heavy atom. The number of carbonyl (C=O) groups excluding carboxylic acids is 2. The maximum atomic E-state index is 11.9. The number of aryl methyl sites for hydroxylation is 1. The quantitative estimate of drug-likeness (QED) is 0.505. The maximum Gasteiger partial charge on any atom is 0.269 e. The van der Waals surface area contributed by atoms with Gasteiger partial charge in [-0.15, -0.1) is 0 Å². The summed E-state index contributed by atoms with van der Waals surface area (Å²) in [7, 11) is 0. The fraction of sp³-hybridized carbons (Fsp3) is 0.118. The largest absolute Gasteiger partial charge is 0.303 e. The highest BCUT2D eigenvalue weighted by molar-refractivity contribution is 6.04. The summed E-state index contributed by atoms with van der Waals surface area (Å²) in [5.41, 5.74) is 7.93. The van der Waals surface area contributed by atoms with Crippen LogP contribution in [-0.4, -0.2) is 16.7 Å². The number of nitrogens with zero attached hydrogens (tertiary/aromatic N) is 1. The summed E-state index contributed by atoms with van der Waals surface area (Å²) in [6, 6.07) is 10.6. The van der Waals surface area contributed by atoms with E-state index in [1.165, 1.54) is 12.3 Å². The number of pyridine rings is 1. The van der Waals surface area contributed by atoms with Gasteiger partial charge in [0.25, 0.3) is 5.91 Å². The highest BCUT2D eigenvalue weighted by Gasteiger charge is 2.05. The number of allylic oxidation sites excluding steroid dienone is 2. The second kappa shape index (κ2) is 7.17. The lowest BCUT2D eigenvalue weighted by atomic mass is 10.1. The van der Waals surface area contributed by atoms with Gasteiger partial charge in [-0.05, 0) is 38.1 Å². The Bertz CT molecular complexity index is 692. The zero-order valence-corrected chi connectivity index (χ0v) is 12.5. The first-order valence-electron chi connectivity index (χ1n) is 6.82. The van der Waals surface area contributed by atoms with E-state index in [-0.39, 0.29) is 11.7 Å². The first-order valence-corrected chi connectivity index (χ1v) is 6.82. The lowest BCUT2D eigenvalue weighted by Gasteiger charge is -2.08. The number of hydrogen-bond donors (Lipinski definition) is 2. The minimum atomic E-state index is -0.262. The van der Waals surface area contributed by atoms with Gasteiger partial charge in [0.05, 0.1) is 0 Å². The predicted molar refractivity (Wildman–Crippen MR) is 84.1 cm³/mol. The molecule has 2 rings (SSSR count). The van der Waals surface area contributed by atoms with Crippen molar-refractivity contribution in [1.82, 2.24) is 15.8 Å². The van der Waals surface area contributed by atoms with Gasteiger partial charge in [-0.1, -0.05) is 17.7 Å². The van der Waals surface area contributed by atoms with Gasteiger partial charge < -0.3 is 5.43 Å². The predicted octanol–water partition coefficient (Wildman–Crippen LogP) is 2.41. The molecule has 0 saturated heterocycles.